The molecule has 0 bridgehead atoms. The Morgan fingerprint density at radius 3 is 2.47 bits per heavy atom. The topological polar surface area (TPSA) is 85.0 Å². The average molecular weight is 491 g/mol. The summed E-state index contributed by atoms with van der Waals surface area (Å²) in [6.45, 7) is 13.5. The minimum Gasteiger partial charge on any atom is -0.389 e. The number of imidazole rings is 1. The maximum atomic E-state index is 4.69. The molecule has 1 unspecified atom stereocenters. The standard InChI is InChI=1S/C15H21N5.C7H10N2.C6H11N/c1-9-7-17-15-18-12(8-20(15)19-9)14(16-2)13(10-3-4-10)11-5-6-11;1-3-7-5-6-8-9(7)4-2;1-6-4-2-3-5-7-6/h7-8,10-11,13-14,16H,3-6H2,1-2H3;3,5-6H,1,4H2,2H3;7H,1-5H2. The second-order valence-electron chi connectivity index (χ2n) is 10.1. The van der Waals surface area contributed by atoms with Gasteiger partial charge in [0.1, 0.15) is 0 Å². The van der Waals surface area contributed by atoms with Crippen molar-refractivity contribution >= 4 is 11.9 Å². The molecule has 8 nitrogen and oxygen atoms in total. The van der Waals surface area contributed by atoms with E-state index in [4.69, 9.17) is 4.98 Å². The van der Waals surface area contributed by atoms with E-state index in [2.05, 4.69) is 52.9 Å². The molecule has 2 N–H and O–H groups in total. The van der Waals surface area contributed by atoms with Gasteiger partial charge in [0, 0.05) is 25.0 Å². The zero-order valence-corrected chi connectivity index (χ0v) is 22.2. The lowest BCUT2D eigenvalue weighted by Gasteiger charge is -2.25. The van der Waals surface area contributed by atoms with E-state index in [1.54, 1.807) is 18.5 Å². The second-order valence-corrected chi connectivity index (χ2v) is 10.1. The Kier molecular flexibility index (Phi) is 8.91. The van der Waals surface area contributed by atoms with Crippen LogP contribution in [0.15, 0.2) is 43.5 Å². The van der Waals surface area contributed by atoms with Crippen LogP contribution in [-0.4, -0.2) is 43.0 Å². The van der Waals surface area contributed by atoms with Crippen LogP contribution in [0.4, 0.5) is 0 Å². The molecule has 3 aromatic rings. The highest BCUT2D eigenvalue weighted by atomic mass is 15.3. The minimum atomic E-state index is 0.346. The molecule has 194 valence electrons. The van der Waals surface area contributed by atoms with Gasteiger partial charge in [0.2, 0.25) is 0 Å². The van der Waals surface area contributed by atoms with E-state index < -0.39 is 0 Å². The molecule has 1 atom stereocenters. The average Bonchev–Trinajstić information content (AvgIpc) is 3.82. The number of allylic oxidation sites excluding steroid dienone is 1. The van der Waals surface area contributed by atoms with Crippen molar-refractivity contribution in [1.82, 2.24) is 40.0 Å². The van der Waals surface area contributed by atoms with Gasteiger partial charge in [0.15, 0.2) is 0 Å². The number of hydrogen-bond donors (Lipinski definition) is 2. The Labute approximate surface area is 215 Å². The van der Waals surface area contributed by atoms with Crippen molar-refractivity contribution in [3.8, 4) is 0 Å². The van der Waals surface area contributed by atoms with Gasteiger partial charge < -0.3 is 10.6 Å². The summed E-state index contributed by atoms with van der Waals surface area (Å²) in [4.78, 5) is 9.05. The smallest absolute Gasteiger partial charge is 0.250 e. The van der Waals surface area contributed by atoms with Crippen molar-refractivity contribution in [2.45, 2.75) is 71.4 Å². The second kappa shape index (κ2) is 12.3. The first-order valence-electron chi connectivity index (χ1n) is 13.5. The molecule has 0 radical (unpaired) electrons. The highest BCUT2D eigenvalue weighted by molar-refractivity contribution is 5.40. The van der Waals surface area contributed by atoms with Crippen LogP contribution in [0.2, 0.25) is 0 Å². The van der Waals surface area contributed by atoms with Crippen LogP contribution in [0.3, 0.4) is 0 Å². The van der Waals surface area contributed by atoms with Crippen molar-refractivity contribution < 1.29 is 0 Å². The zero-order valence-electron chi connectivity index (χ0n) is 22.2. The molecule has 4 heterocycles. The maximum absolute atomic E-state index is 4.69. The fraction of sp³-hybridized carbons (Fsp3) is 0.571. The number of nitrogens with one attached hydrogen (secondary N) is 2. The van der Waals surface area contributed by atoms with Crippen LogP contribution in [0, 0.1) is 24.7 Å². The maximum Gasteiger partial charge on any atom is 0.250 e. The Morgan fingerprint density at radius 1 is 1.22 bits per heavy atom. The lowest BCUT2D eigenvalue weighted by atomic mass is 9.88. The first-order chi connectivity index (χ1) is 17.5. The molecule has 0 amide bonds. The molecule has 2 aliphatic carbocycles. The largest absolute Gasteiger partial charge is 0.389 e. The minimum absolute atomic E-state index is 0.346. The van der Waals surface area contributed by atoms with E-state index in [-0.39, 0.29) is 0 Å². The summed E-state index contributed by atoms with van der Waals surface area (Å²) in [6.07, 6.45) is 16.8. The zero-order chi connectivity index (χ0) is 25.5. The molecule has 3 fully saturated rings. The van der Waals surface area contributed by atoms with Crippen molar-refractivity contribution in [1.29, 1.82) is 0 Å². The fourth-order valence-electron chi connectivity index (χ4n) is 5.06. The molecular weight excluding hydrogens is 448 g/mol. The number of nitrogens with zero attached hydrogens (tertiary/aromatic N) is 6. The quantitative estimate of drug-likeness (QED) is 0.488. The van der Waals surface area contributed by atoms with Gasteiger partial charge in [-0.2, -0.15) is 10.2 Å². The number of fused-ring (bicyclic) bond motifs is 1. The molecule has 1 saturated heterocycles. The highest BCUT2D eigenvalue weighted by Gasteiger charge is 2.46. The van der Waals surface area contributed by atoms with Gasteiger partial charge >= 0.3 is 0 Å². The Bertz CT molecular complexity index is 1120. The number of hydrogen-bond acceptors (Lipinski definition) is 6. The van der Waals surface area contributed by atoms with Crippen molar-refractivity contribution in [2.75, 3.05) is 13.6 Å². The first-order valence-corrected chi connectivity index (χ1v) is 13.5. The van der Waals surface area contributed by atoms with Gasteiger partial charge in [-0.15, -0.1) is 0 Å². The first kappa shape index (κ1) is 26.1. The van der Waals surface area contributed by atoms with E-state index >= 15 is 0 Å². The number of aryl methyl sites for hydroxylation is 2. The van der Waals surface area contributed by atoms with Gasteiger partial charge in [-0.1, -0.05) is 13.2 Å². The molecule has 0 aromatic carbocycles. The summed E-state index contributed by atoms with van der Waals surface area (Å²) in [7, 11) is 2.05. The fourth-order valence-corrected chi connectivity index (χ4v) is 5.06. The summed E-state index contributed by atoms with van der Waals surface area (Å²) in [6, 6.07) is 2.29. The van der Waals surface area contributed by atoms with Crippen molar-refractivity contribution in [3.05, 3.63) is 60.6 Å². The summed E-state index contributed by atoms with van der Waals surface area (Å²) < 4.78 is 3.71. The van der Waals surface area contributed by atoms with Crippen LogP contribution in [0.25, 0.3) is 11.9 Å². The van der Waals surface area contributed by atoms with Gasteiger partial charge in [-0.25, -0.2) is 14.5 Å². The third-order valence-corrected chi connectivity index (χ3v) is 7.21. The molecule has 36 heavy (non-hydrogen) atoms. The molecule has 3 aromatic heterocycles. The van der Waals surface area contributed by atoms with Crippen molar-refractivity contribution in [3.63, 3.8) is 0 Å². The van der Waals surface area contributed by atoms with E-state index in [0.717, 1.165) is 47.9 Å². The summed E-state index contributed by atoms with van der Waals surface area (Å²) in [5, 5.41) is 15.2. The molecule has 6 rings (SSSR count). The normalized spacial score (nSPS) is 18.1. The van der Waals surface area contributed by atoms with Gasteiger partial charge in [0.25, 0.3) is 5.78 Å². The predicted octanol–water partition coefficient (Wildman–Crippen LogP) is 4.95. The van der Waals surface area contributed by atoms with Crippen LogP contribution < -0.4 is 10.6 Å². The summed E-state index contributed by atoms with van der Waals surface area (Å²) in [5.74, 6) is 3.24. The van der Waals surface area contributed by atoms with Crippen molar-refractivity contribution in [2.24, 2.45) is 17.8 Å². The highest BCUT2D eigenvalue weighted by Crippen LogP contribution is 2.53. The third kappa shape index (κ3) is 6.81. The summed E-state index contributed by atoms with van der Waals surface area (Å²) in [5.41, 5.74) is 4.31. The van der Waals surface area contributed by atoms with E-state index in [9.17, 15) is 0 Å². The van der Waals surface area contributed by atoms with Crippen LogP contribution >= 0.6 is 0 Å². The van der Waals surface area contributed by atoms with Gasteiger partial charge in [0.05, 0.1) is 35.5 Å². The molecule has 0 spiro atoms. The van der Waals surface area contributed by atoms with E-state index in [1.165, 1.54) is 50.6 Å². The SMILES string of the molecule is C=C1CCCCN1.C=Cc1ccnn1CC.CNC(c1cn2nc(C)cnc2n1)C(C1CC1)C1CC1. The number of piperidine rings is 1. The van der Waals surface area contributed by atoms with Crippen LogP contribution in [0.1, 0.15) is 75.0 Å². The lowest BCUT2D eigenvalue weighted by Crippen LogP contribution is -2.28. The monoisotopic (exact) mass is 490 g/mol. The molecular formula is C28H42N8. The lowest BCUT2D eigenvalue weighted by molar-refractivity contribution is 0.296. The predicted molar refractivity (Wildman–Crippen MR) is 145 cm³/mol. The third-order valence-electron chi connectivity index (χ3n) is 7.21. The van der Waals surface area contributed by atoms with Crippen LogP contribution in [0.5, 0.6) is 0 Å². The van der Waals surface area contributed by atoms with E-state index in [0.29, 0.717) is 11.8 Å². The number of rotatable bonds is 7. The Morgan fingerprint density at radius 2 is 1.97 bits per heavy atom. The molecule has 1 aliphatic heterocycles. The van der Waals surface area contributed by atoms with Gasteiger partial charge in [-0.05, 0) is 95.7 Å². The summed E-state index contributed by atoms with van der Waals surface area (Å²) >= 11 is 0. The Hall–Kier alpha value is -3.00. The molecule has 8 heteroatoms. The van der Waals surface area contributed by atoms with E-state index in [1.807, 2.05) is 28.4 Å². The Balaban J connectivity index is 0.000000157. The number of aromatic nitrogens is 6. The molecule has 2 saturated carbocycles. The molecule has 3 aliphatic rings. The van der Waals surface area contributed by atoms with Crippen LogP contribution in [-0.2, 0) is 6.54 Å². The van der Waals surface area contributed by atoms with Gasteiger partial charge in [-0.3, -0.25) is 4.68 Å².